The molecule has 266 valence electrons. The first-order valence-electron chi connectivity index (χ1n) is 18.4. The van der Waals surface area contributed by atoms with Crippen molar-refractivity contribution in [3.63, 3.8) is 0 Å². The lowest BCUT2D eigenvalue weighted by atomic mass is 9.85. The highest BCUT2D eigenvalue weighted by Gasteiger charge is 2.22. The van der Waals surface area contributed by atoms with Gasteiger partial charge in [-0.15, -0.1) is 0 Å². The summed E-state index contributed by atoms with van der Waals surface area (Å²) in [5.74, 6) is 1.62. The van der Waals surface area contributed by atoms with Crippen LogP contribution in [0.5, 0.6) is 11.5 Å². The summed E-state index contributed by atoms with van der Waals surface area (Å²) >= 11 is 0. The Labute approximate surface area is 320 Å². The minimum atomic E-state index is -0.562. The van der Waals surface area contributed by atoms with Gasteiger partial charge in [0.25, 0.3) is 0 Å². The largest absolute Gasteiger partial charge is 0.457 e. The van der Waals surface area contributed by atoms with Crippen LogP contribution in [0.15, 0.2) is 164 Å². The molecule has 0 N–H and O–H groups in total. The van der Waals surface area contributed by atoms with E-state index < -0.39 is 5.41 Å². The molecule has 7 aromatic rings. The van der Waals surface area contributed by atoms with Crippen molar-refractivity contribution < 1.29 is 4.74 Å². The molecular formula is C50H45N3O. The summed E-state index contributed by atoms with van der Waals surface area (Å²) in [6, 6.07) is 59.8. The fraction of sp³-hybridized carbons (Fsp3) is 0.140. The number of para-hydroxylation sites is 1. The lowest BCUT2D eigenvalue weighted by molar-refractivity contribution is 0.482. The summed E-state index contributed by atoms with van der Waals surface area (Å²) in [6.45, 7) is 12.4. The second-order valence-corrected chi connectivity index (χ2v) is 14.5. The lowest BCUT2D eigenvalue weighted by Crippen LogP contribution is -2.16. The van der Waals surface area contributed by atoms with E-state index >= 15 is 0 Å². The molecule has 0 saturated carbocycles. The van der Waals surface area contributed by atoms with Crippen LogP contribution in [0.3, 0.4) is 0 Å². The van der Waals surface area contributed by atoms with E-state index in [1.54, 1.807) is 0 Å². The molecule has 0 atom stereocenters. The van der Waals surface area contributed by atoms with Crippen LogP contribution in [0.1, 0.15) is 41.7 Å². The number of nitriles is 1. The maximum absolute atomic E-state index is 9.77. The number of hydrogen-bond acceptors (Lipinski definition) is 4. The van der Waals surface area contributed by atoms with Gasteiger partial charge in [0.15, 0.2) is 0 Å². The Morgan fingerprint density at radius 3 is 1.31 bits per heavy atom. The van der Waals surface area contributed by atoms with Crippen LogP contribution in [-0.2, 0) is 5.41 Å². The van der Waals surface area contributed by atoms with Crippen molar-refractivity contribution in [2.24, 2.45) is 0 Å². The third-order valence-electron chi connectivity index (χ3n) is 10.00. The van der Waals surface area contributed by atoms with Gasteiger partial charge in [0, 0.05) is 34.1 Å². The maximum Gasteiger partial charge on any atom is 0.127 e. The Kier molecular flexibility index (Phi) is 10.1. The van der Waals surface area contributed by atoms with Crippen LogP contribution < -0.4 is 14.5 Å². The fourth-order valence-electron chi connectivity index (χ4n) is 6.77. The van der Waals surface area contributed by atoms with E-state index in [4.69, 9.17) is 4.74 Å². The smallest absolute Gasteiger partial charge is 0.127 e. The Morgan fingerprint density at radius 2 is 0.889 bits per heavy atom. The van der Waals surface area contributed by atoms with Gasteiger partial charge in [-0.05, 0) is 154 Å². The number of ether oxygens (including phenoxy) is 1. The summed E-state index contributed by atoms with van der Waals surface area (Å²) < 4.78 is 6.16. The molecule has 0 unspecified atom stereocenters. The van der Waals surface area contributed by atoms with Crippen LogP contribution >= 0.6 is 0 Å². The molecule has 0 aliphatic carbocycles. The van der Waals surface area contributed by atoms with Crippen molar-refractivity contribution in [2.45, 2.75) is 47.0 Å². The number of anilines is 6. The highest BCUT2D eigenvalue weighted by atomic mass is 16.5. The summed E-state index contributed by atoms with van der Waals surface area (Å²) in [7, 11) is 0. The Hall–Kier alpha value is -6.57. The van der Waals surface area contributed by atoms with E-state index in [9.17, 15) is 5.26 Å². The molecule has 0 saturated heterocycles. The second kappa shape index (κ2) is 15.2. The Morgan fingerprint density at radius 1 is 0.463 bits per heavy atom. The van der Waals surface area contributed by atoms with Gasteiger partial charge in [0.05, 0.1) is 11.5 Å². The minimum absolute atomic E-state index is 0.562. The molecular weight excluding hydrogens is 659 g/mol. The predicted molar refractivity (Wildman–Crippen MR) is 225 cm³/mol. The van der Waals surface area contributed by atoms with E-state index in [1.165, 1.54) is 11.1 Å². The topological polar surface area (TPSA) is 39.5 Å². The molecule has 0 spiro atoms. The fourth-order valence-corrected chi connectivity index (χ4v) is 6.77. The van der Waals surface area contributed by atoms with Crippen LogP contribution in [0.2, 0.25) is 0 Å². The maximum atomic E-state index is 9.77. The van der Waals surface area contributed by atoms with Gasteiger partial charge in [-0.25, -0.2) is 0 Å². The number of hydrogen-bond donors (Lipinski definition) is 0. The van der Waals surface area contributed by atoms with E-state index in [2.05, 4.69) is 171 Å². The first-order valence-corrected chi connectivity index (χ1v) is 18.4. The molecule has 7 aromatic carbocycles. The zero-order valence-corrected chi connectivity index (χ0v) is 31.8. The molecule has 4 nitrogen and oxygen atoms in total. The highest BCUT2D eigenvalue weighted by molar-refractivity contribution is 5.82. The molecule has 0 heterocycles. The Balaban J connectivity index is 1.20. The van der Waals surface area contributed by atoms with E-state index in [0.717, 1.165) is 73.4 Å². The minimum Gasteiger partial charge on any atom is -0.457 e. The Bertz CT molecular complexity index is 2410. The molecule has 0 amide bonds. The van der Waals surface area contributed by atoms with Gasteiger partial charge in [-0.2, -0.15) is 5.26 Å². The molecule has 0 aliphatic rings. The number of aryl methyl sites for hydroxylation is 4. The van der Waals surface area contributed by atoms with Gasteiger partial charge in [0.2, 0.25) is 0 Å². The molecule has 0 aromatic heterocycles. The molecule has 4 heteroatoms. The highest BCUT2D eigenvalue weighted by Crippen LogP contribution is 2.41. The monoisotopic (exact) mass is 703 g/mol. The van der Waals surface area contributed by atoms with Gasteiger partial charge in [-0.1, -0.05) is 90.0 Å². The number of benzene rings is 7. The number of nitrogens with zero attached hydrogens (tertiary/aromatic N) is 3. The molecule has 54 heavy (non-hydrogen) atoms. The normalized spacial score (nSPS) is 11.1. The summed E-state index contributed by atoms with van der Waals surface area (Å²) in [6.07, 6.45) is 0. The van der Waals surface area contributed by atoms with E-state index in [-0.39, 0.29) is 0 Å². The van der Waals surface area contributed by atoms with Crippen molar-refractivity contribution in [2.75, 3.05) is 9.80 Å². The van der Waals surface area contributed by atoms with Crippen LogP contribution in [0, 0.1) is 39.0 Å². The van der Waals surface area contributed by atoms with Gasteiger partial charge >= 0.3 is 0 Å². The summed E-state index contributed by atoms with van der Waals surface area (Å²) in [4.78, 5) is 4.60. The van der Waals surface area contributed by atoms with Gasteiger partial charge in [-0.3, -0.25) is 0 Å². The zero-order chi connectivity index (χ0) is 37.8. The molecule has 0 fully saturated rings. The zero-order valence-electron chi connectivity index (χ0n) is 31.8. The van der Waals surface area contributed by atoms with Crippen molar-refractivity contribution >= 4 is 34.1 Å². The average molecular weight is 704 g/mol. The molecule has 0 radical (unpaired) electrons. The van der Waals surface area contributed by atoms with Crippen molar-refractivity contribution in [1.29, 1.82) is 5.26 Å². The number of rotatable bonds is 10. The van der Waals surface area contributed by atoms with Gasteiger partial charge < -0.3 is 14.5 Å². The van der Waals surface area contributed by atoms with Crippen LogP contribution in [-0.4, -0.2) is 0 Å². The SMILES string of the molecule is Cc1ccc(N(c2ccc(-c3ccc(N(c4ccc(C)cc4)c4ccc(C(C)(C)C#N)cc4C)cc3)cc2)c2ccc(Oc3ccccc3)cc2C)cc1. The van der Waals surface area contributed by atoms with Crippen LogP contribution in [0.4, 0.5) is 34.1 Å². The average Bonchev–Trinajstić information content (AvgIpc) is 3.19. The van der Waals surface area contributed by atoms with E-state index in [1.807, 2.05) is 50.2 Å². The van der Waals surface area contributed by atoms with Crippen LogP contribution in [0.25, 0.3) is 11.1 Å². The summed E-state index contributed by atoms with van der Waals surface area (Å²) in [5.41, 5.74) is 13.9. The first kappa shape index (κ1) is 35.8. The quantitative estimate of drug-likeness (QED) is 0.142. The first-order chi connectivity index (χ1) is 26.1. The van der Waals surface area contributed by atoms with Crippen molar-refractivity contribution in [1.82, 2.24) is 0 Å². The standard InChI is InChI=1S/C50H45N3O/c1-35-12-21-42(22-13-35)52(48-30-20-41(32-37(48)3)50(5,6)34-51)44-25-16-39(17-26-44)40-18-27-45(28-19-40)53(43-23-14-36(2)15-24-43)49-31-29-47(33-38(49)4)54-46-10-8-7-9-11-46/h7-33H,1-6H3. The van der Waals surface area contributed by atoms with E-state index in [0.29, 0.717) is 0 Å². The van der Waals surface area contributed by atoms with Gasteiger partial charge in [0.1, 0.15) is 11.5 Å². The van der Waals surface area contributed by atoms with Crippen molar-refractivity contribution in [3.05, 3.63) is 192 Å². The predicted octanol–water partition coefficient (Wildman–Crippen LogP) is 14.1. The molecule has 0 aliphatic heterocycles. The van der Waals surface area contributed by atoms with Crippen molar-refractivity contribution in [3.8, 4) is 28.7 Å². The summed E-state index contributed by atoms with van der Waals surface area (Å²) in [5, 5.41) is 9.77. The lowest BCUT2D eigenvalue weighted by Gasteiger charge is -2.29. The molecule has 7 rings (SSSR count). The molecule has 0 bridgehead atoms. The third kappa shape index (κ3) is 7.63. The third-order valence-corrected chi connectivity index (χ3v) is 10.00. The second-order valence-electron chi connectivity index (χ2n) is 14.5.